The maximum Gasteiger partial charge on any atom is 0.257 e. The fraction of sp³-hybridized carbons (Fsp3) is 0.250. The van der Waals surface area contributed by atoms with E-state index in [9.17, 15) is 4.79 Å². The molecule has 1 fully saturated rings. The molecule has 0 saturated carbocycles. The van der Waals surface area contributed by atoms with Gasteiger partial charge in [-0.3, -0.25) is 19.4 Å². The van der Waals surface area contributed by atoms with Crippen LogP contribution < -0.4 is 4.74 Å². The van der Waals surface area contributed by atoms with Gasteiger partial charge < -0.3 is 9.64 Å². The largest absolute Gasteiger partial charge is 0.497 e. The number of aromatic nitrogens is 3. The normalized spacial score (nSPS) is 14.1. The standard InChI is InChI=1S/C28H29N5O2/c1-35-25-9-5-8-24(18-25)27-26(21-33(30-27)20-22-6-3-2-4-7-22)28(34)32-16-14-31(15-17-32)19-23-10-12-29-13-11-23/h2-13,18,21H,14-17,19-20H2,1H3. The zero-order chi connectivity index (χ0) is 24.0. The van der Waals surface area contributed by atoms with Gasteiger partial charge in [0.1, 0.15) is 11.4 Å². The highest BCUT2D eigenvalue weighted by molar-refractivity contribution is 6.00. The number of methoxy groups -OCH3 is 1. The highest BCUT2D eigenvalue weighted by Gasteiger charge is 2.26. The van der Waals surface area contributed by atoms with Gasteiger partial charge in [0.15, 0.2) is 0 Å². The number of hydrogen-bond donors (Lipinski definition) is 0. The first-order valence-electron chi connectivity index (χ1n) is 11.9. The van der Waals surface area contributed by atoms with Gasteiger partial charge in [0.05, 0.1) is 19.2 Å². The van der Waals surface area contributed by atoms with Crippen LogP contribution in [0.25, 0.3) is 11.3 Å². The van der Waals surface area contributed by atoms with Crippen molar-refractivity contribution in [3.63, 3.8) is 0 Å². The lowest BCUT2D eigenvalue weighted by Gasteiger charge is -2.34. The van der Waals surface area contributed by atoms with Crippen molar-refractivity contribution in [2.24, 2.45) is 0 Å². The van der Waals surface area contributed by atoms with E-state index >= 15 is 0 Å². The van der Waals surface area contributed by atoms with Crippen molar-refractivity contribution < 1.29 is 9.53 Å². The Kier molecular flexibility index (Phi) is 6.86. The van der Waals surface area contributed by atoms with Gasteiger partial charge in [0.25, 0.3) is 5.91 Å². The van der Waals surface area contributed by atoms with Crippen molar-refractivity contribution in [3.05, 3.63) is 102 Å². The molecule has 0 radical (unpaired) electrons. The van der Waals surface area contributed by atoms with Crippen LogP contribution in [0.3, 0.4) is 0 Å². The van der Waals surface area contributed by atoms with Crippen LogP contribution >= 0.6 is 0 Å². The minimum Gasteiger partial charge on any atom is -0.497 e. The second-order valence-electron chi connectivity index (χ2n) is 8.73. The number of hydrogen-bond acceptors (Lipinski definition) is 5. The lowest BCUT2D eigenvalue weighted by atomic mass is 10.1. The lowest BCUT2D eigenvalue weighted by Crippen LogP contribution is -2.48. The highest BCUT2D eigenvalue weighted by atomic mass is 16.5. The number of nitrogens with zero attached hydrogens (tertiary/aromatic N) is 5. The topological polar surface area (TPSA) is 63.5 Å². The van der Waals surface area contributed by atoms with E-state index in [-0.39, 0.29) is 5.91 Å². The van der Waals surface area contributed by atoms with E-state index in [1.54, 1.807) is 7.11 Å². The summed E-state index contributed by atoms with van der Waals surface area (Å²) in [4.78, 5) is 22.1. The van der Waals surface area contributed by atoms with E-state index in [1.807, 2.05) is 82.8 Å². The molecule has 178 valence electrons. The molecule has 3 heterocycles. The smallest absolute Gasteiger partial charge is 0.257 e. The fourth-order valence-corrected chi connectivity index (χ4v) is 4.44. The predicted molar refractivity (Wildman–Crippen MR) is 135 cm³/mol. The van der Waals surface area contributed by atoms with Gasteiger partial charge >= 0.3 is 0 Å². The van der Waals surface area contributed by atoms with Crippen molar-refractivity contribution in [3.8, 4) is 17.0 Å². The van der Waals surface area contributed by atoms with Crippen LogP contribution in [0.2, 0.25) is 0 Å². The molecule has 0 atom stereocenters. The van der Waals surface area contributed by atoms with Crippen molar-refractivity contribution >= 4 is 5.91 Å². The first kappa shape index (κ1) is 22.8. The first-order chi connectivity index (χ1) is 17.2. The van der Waals surface area contributed by atoms with Crippen LogP contribution in [0, 0.1) is 0 Å². The molecule has 1 saturated heterocycles. The van der Waals surface area contributed by atoms with E-state index < -0.39 is 0 Å². The monoisotopic (exact) mass is 467 g/mol. The zero-order valence-electron chi connectivity index (χ0n) is 19.9. The van der Waals surface area contributed by atoms with Crippen molar-refractivity contribution in [1.29, 1.82) is 0 Å². The predicted octanol–water partition coefficient (Wildman–Crippen LogP) is 3.96. The van der Waals surface area contributed by atoms with Crippen LogP contribution in [0.4, 0.5) is 0 Å². The summed E-state index contributed by atoms with van der Waals surface area (Å²) in [7, 11) is 1.64. The van der Waals surface area contributed by atoms with Gasteiger partial charge in [0, 0.05) is 56.9 Å². The van der Waals surface area contributed by atoms with Crippen LogP contribution in [0.15, 0.2) is 85.3 Å². The third kappa shape index (κ3) is 5.41. The molecular formula is C28H29N5O2. The number of rotatable bonds is 7. The van der Waals surface area contributed by atoms with Gasteiger partial charge in [-0.05, 0) is 35.4 Å². The van der Waals surface area contributed by atoms with E-state index in [0.717, 1.165) is 36.5 Å². The summed E-state index contributed by atoms with van der Waals surface area (Å²) >= 11 is 0. The molecule has 1 aliphatic rings. The molecule has 5 rings (SSSR count). The first-order valence-corrected chi connectivity index (χ1v) is 11.9. The Morgan fingerprint density at radius 2 is 1.63 bits per heavy atom. The quantitative estimate of drug-likeness (QED) is 0.412. The van der Waals surface area contributed by atoms with E-state index in [4.69, 9.17) is 9.84 Å². The Balaban J connectivity index is 1.36. The van der Waals surface area contributed by atoms with Gasteiger partial charge in [-0.25, -0.2) is 0 Å². The number of pyridine rings is 1. The maximum atomic E-state index is 13.7. The molecule has 1 aliphatic heterocycles. The van der Waals surface area contributed by atoms with Gasteiger partial charge in [-0.2, -0.15) is 5.10 Å². The Bertz CT molecular complexity index is 1270. The summed E-state index contributed by atoms with van der Waals surface area (Å²) in [5, 5.41) is 4.84. The average Bonchev–Trinajstić information content (AvgIpc) is 3.33. The number of benzene rings is 2. The van der Waals surface area contributed by atoms with Crippen LogP contribution in [-0.4, -0.2) is 63.8 Å². The molecule has 2 aromatic heterocycles. The van der Waals surface area contributed by atoms with Gasteiger partial charge in [0.2, 0.25) is 0 Å². The molecule has 7 nitrogen and oxygen atoms in total. The van der Waals surface area contributed by atoms with Gasteiger partial charge in [-0.1, -0.05) is 42.5 Å². The zero-order valence-corrected chi connectivity index (χ0v) is 19.9. The fourth-order valence-electron chi connectivity index (χ4n) is 4.44. The Morgan fingerprint density at radius 3 is 2.37 bits per heavy atom. The molecule has 0 unspecified atom stereocenters. The second-order valence-corrected chi connectivity index (χ2v) is 8.73. The molecular weight excluding hydrogens is 438 g/mol. The van der Waals surface area contributed by atoms with E-state index in [1.165, 1.54) is 5.56 Å². The number of carbonyl (C=O) groups excluding carboxylic acids is 1. The summed E-state index contributed by atoms with van der Waals surface area (Å²) in [5.41, 5.74) is 4.55. The maximum absolute atomic E-state index is 13.7. The molecule has 0 aliphatic carbocycles. The number of ether oxygens (including phenoxy) is 1. The van der Waals surface area contributed by atoms with E-state index in [2.05, 4.69) is 22.0 Å². The Labute approximate surface area is 205 Å². The summed E-state index contributed by atoms with van der Waals surface area (Å²) in [6.45, 7) is 4.51. The number of carbonyl (C=O) groups is 1. The van der Waals surface area contributed by atoms with Crippen molar-refractivity contribution in [2.75, 3.05) is 33.3 Å². The number of piperazine rings is 1. The SMILES string of the molecule is COc1cccc(-c2nn(Cc3ccccc3)cc2C(=O)N2CCN(Cc3ccncc3)CC2)c1. The average molecular weight is 468 g/mol. The van der Waals surface area contributed by atoms with Crippen LogP contribution in [0.5, 0.6) is 5.75 Å². The van der Waals surface area contributed by atoms with Crippen LogP contribution in [-0.2, 0) is 13.1 Å². The van der Waals surface area contributed by atoms with Gasteiger partial charge in [-0.15, -0.1) is 0 Å². The summed E-state index contributed by atoms with van der Waals surface area (Å²) in [6.07, 6.45) is 5.53. The Hall–Kier alpha value is -3.97. The second kappa shape index (κ2) is 10.5. The molecule has 0 spiro atoms. The lowest BCUT2D eigenvalue weighted by molar-refractivity contribution is 0.0629. The molecule has 2 aromatic carbocycles. The third-order valence-electron chi connectivity index (χ3n) is 6.34. The summed E-state index contributed by atoms with van der Waals surface area (Å²) < 4.78 is 7.27. The van der Waals surface area contributed by atoms with Crippen molar-refractivity contribution in [1.82, 2.24) is 24.6 Å². The number of amides is 1. The molecule has 4 aromatic rings. The molecule has 1 amide bonds. The van der Waals surface area contributed by atoms with Crippen molar-refractivity contribution in [2.45, 2.75) is 13.1 Å². The third-order valence-corrected chi connectivity index (χ3v) is 6.34. The van der Waals surface area contributed by atoms with Crippen LogP contribution in [0.1, 0.15) is 21.5 Å². The molecule has 0 bridgehead atoms. The van der Waals surface area contributed by atoms with E-state index in [0.29, 0.717) is 30.9 Å². The molecule has 35 heavy (non-hydrogen) atoms. The minimum absolute atomic E-state index is 0.0192. The minimum atomic E-state index is 0.0192. The molecule has 7 heteroatoms. The summed E-state index contributed by atoms with van der Waals surface area (Å²) in [5.74, 6) is 0.758. The Morgan fingerprint density at radius 1 is 0.886 bits per heavy atom. The highest BCUT2D eigenvalue weighted by Crippen LogP contribution is 2.27. The molecule has 0 N–H and O–H groups in total. The summed E-state index contributed by atoms with van der Waals surface area (Å²) in [6, 6.07) is 22.0.